The second kappa shape index (κ2) is 7.02. The van der Waals surface area contributed by atoms with Crippen molar-refractivity contribution in [1.29, 1.82) is 0 Å². The minimum Gasteiger partial charge on any atom is -0.466 e. The van der Waals surface area contributed by atoms with E-state index in [2.05, 4.69) is 10.6 Å². The summed E-state index contributed by atoms with van der Waals surface area (Å²) in [5, 5.41) is 5.82. The molecule has 122 valence electrons. The number of hydrogen-bond donors (Lipinski definition) is 2. The standard InChI is InChI=1S/C15H14Cl2N2O4/c1-7-13(15(22)23-2)9(6-12(20)18-7)14(21)19-11-4-3-8(16)5-10(11)17/h3-5,9H,6H2,1-2H3,(H,18,20)(H,19,21)/t9-/m0/s1. The van der Waals surface area contributed by atoms with Crippen LogP contribution in [0.25, 0.3) is 0 Å². The van der Waals surface area contributed by atoms with Gasteiger partial charge in [0.25, 0.3) is 0 Å². The maximum Gasteiger partial charge on any atom is 0.336 e. The first-order valence-electron chi connectivity index (χ1n) is 6.68. The second-order valence-corrected chi connectivity index (χ2v) is 5.79. The monoisotopic (exact) mass is 356 g/mol. The molecule has 1 aliphatic heterocycles. The fourth-order valence-corrected chi connectivity index (χ4v) is 2.77. The molecule has 1 aromatic rings. The molecule has 23 heavy (non-hydrogen) atoms. The van der Waals surface area contributed by atoms with Crippen molar-refractivity contribution in [2.75, 3.05) is 12.4 Å². The lowest BCUT2D eigenvalue weighted by atomic mass is 9.89. The van der Waals surface area contributed by atoms with Gasteiger partial charge in [0.05, 0.1) is 29.3 Å². The Morgan fingerprint density at radius 3 is 2.65 bits per heavy atom. The first-order chi connectivity index (χ1) is 10.8. The zero-order chi connectivity index (χ0) is 17.1. The van der Waals surface area contributed by atoms with Gasteiger partial charge in [-0.2, -0.15) is 0 Å². The molecule has 0 aromatic heterocycles. The molecular formula is C15H14Cl2N2O4. The number of benzene rings is 1. The Kier molecular flexibility index (Phi) is 5.28. The van der Waals surface area contributed by atoms with Crippen LogP contribution in [0.4, 0.5) is 5.69 Å². The molecule has 1 aromatic carbocycles. The number of ether oxygens (including phenoxy) is 1. The fourth-order valence-electron chi connectivity index (χ4n) is 2.32. The molecule has 0 saturated carbocycles. The van der Waals surface area contributed by atoms with Gasteiger partial charge in [-0.15, -0.1) is 0 Å². The quantitative estimate of drug-likeness (QED) is 0.815. The van der Waals surface area contributed by atoms with Crippen LogP contribution in [-0.4, -0.2) is 24.9 Å². The minimum atomic E-state index is -0.956. The Bertz CT molecular complexity index is 715. The van der Waals surface area contributed by atoms with E-state index < -0.39 is 17.8 Å². The van der Waals surface area contributed by atoms with Gasteiger partial charge in [0.15, 0.2) is 0 Å². The van der Waals surface area contributed by atoms with Crippen molar-refractivity contribution < 1.29 is 19.1 Å². The Hall–Kier alpha value is -2.05. The predicted octanol–water partition coefficient (Wildman–Crippen LogP) is 2.51. The highest BCUT2D eigenvalue weighted by molar-refractivity contribution is 6.36. The van der Waals surface area contributed by atoms with E-state index in [9.17, 15) is 14.4 Å². The highest BCUT2D eigenvalue weighted by Crippen LogP contribution is 2.29. The number of allylic oxidation sites excluding steroid dienone is 1. The number of esters is 1. The molecule has 0 unspecified atom stereocenters. The maximum atomic E-state index is 12.5. The van der Waals surface area contributed by atoms with Crippen molar-refractivity contribution in [2.45, 2.75) is 13.3 Å². The summed E-state index contributed by atoms with van der Waals surface area (Å²) in [6.45, 7) is 1.54. The molecule has 0 radical (unpaired) electrons. The first-order valence-corrected chi connectivity index (χ1v) is 7.44. The van der Waals surface area contributed by atoms with Gasteiger partial charge in [0.2, 0.25) is 11.8 Å². The molecule has 8 heteroatoms. The lowest BCUT2D eigenvalue weighted by Crippen LogP contribution is -2.40. The van der Waals surface area contributed by atoms with Crippen molar-refractivity contribution in [2.24, 2.45) is 5.92 Å². The largest absolute Gasteiger partial charge is 0.466 e. The van der Waals surface area contributed by atoms with Crippen LogP contribution in [0.1, 0.15) is 13.3 Å². The predicted molar refractivity (Wildman–Crippen MR) is 86.1 cm³/mol. The summed E-state index contributed by atoms with van der Waals surface area (Å²) in [6, 6.07) is 4.59. The number of carbonyl (C=O) groups is 3. The smallest absolute Gasteiger partial charge is 0.336 e. The average Bonchev–Trinajstić information content (AvgIpc) is 2.48. The summed E-state index contributed by atoms with van der Waals surface area (Å²) < 4.78 is 4.69. The summed E-state index contributed by atoms with van der Waals surface area (Å²) >= 11 is 11.8. The van der Waals surface area contributed by atoms with Crippen LogP contribution in [0.5, 0.6) is 0 Å². The molecule has 0 spiro atoms. The summed E-state index contributed by atoms with van der Waals surface area (Å²) in [7, 11) is 1.21. The van der Waals surface area contributed by atoms with Gasteiger partial charge in [-0.1, -0.05) is 23.2 Å². The Balaban J connectivity index is 2.30. The van der Waals surface area contributed by atoms with Crippen LogP contribution in [0.3, 0.4) is 0 Å². The van der Waals surface area contributed by atoms with E-state index >= 15 is 0 Å². The van der Waals surface area contributed by atoms with Gasteiger partial charge >= 0.3 is 5.97 Å². The lowest BCUT2D eigenvalue weighted by Gasteiger charge is -2.25. The van der Waals surface area contributed by atoms with Gasteiger partial charge in [0.1, 0.15) is 0 Å². The summed E-state index contributed by atoms with van der Waals surface area (Å²) in [5.74, 6) is -2.49. The molecule has 1 aliphatic rings. The van der Waals surface area contributed by atoms with Crippen molar-refractivity contribution >= 4 is 46.7 Å². The fraction of sp³-hybridized carbons (Fsp3) is 0.267. The molecular weight excluding hydrogens is 343 g/mol. The number of hydrogen-bond acceptors (Lipinski definition) is 4. The Morgan fingerprint density at radius 2 is 2.04 bits per heavy atom. The molecule has 1 atom stereocenters. The van der Waals surface area contributed by atoms with Crippen LogP contribution in [0, 0.1) is 5.92 Å². The summed E-state index contributed by atoms with van der Waals surface area (Å²) in [6.07, 6.45) is -0.154. The molecule has 0 fully saturated rings. The zero-order valence-electron chi connectivity index (χ0n) is 12.4. The molecule has 1 heterocycles. The SMILES string of the molecule is COC(=O)C1=C(C)NC(=O)C[C@@H]1C(=O)Nc1ccc(Cl)cc1Cl. The van der Waals surface area contributed by atoms with Gasteiger partial charge in [-0.3, -0.25) is 9.59 Å². The van der Waals surface area contributed by atoms with Gasteiger partial charge in [-0.25, -0.2) is 4.79 Å². The summed E-state index contributed by atoms with van der Waals surface area (Å²) in [5.41, 5.74) is 0.763. The normalized spacial score (nSPS) is 17.6. The van der Waals surface area contributed by atoms with Gasteiger partial charge in [-0.05, 0) is 25.1 Å². The van der Waals surface area contributed by atoms with E-state index in [0.29, 0.717) is 16.4 Å². The van der Waals surface area contributed by atoms with Gasteiger partial charge in [0, 0.05) is 17.1 Å². The van der Waals surface area contributed by atoms with Crippen LogP contribution >= 0.6 is 23.2 Å². The number of carbonyl (C=O) groups excluding carboxylic acids is 3. The van der Waals surface area contributed by atoms with E-state index in [1.165, 1.54) is 13.2 Å². The van der Waals surface area contributed by atoms with Crippen molar-refractivity contribution in [1.82, 2.24) is 5.32 Å². The Morgan fingerprint density at radius 1 is 1.35 bits per heavy atom. The van der Waals surface area contributed by atoms with Crippen LogP contribution < -0.4 is 10.6 Å². The molecule has 0 bridgehead atoms. The second-order valence-electron chi connectivity index (χ2n) is 4.95. The van der Waals surface area contributed by atoms with Crippen LogP contribution in [0.2, 0.25) is 10.0 Å². The lowest BCUT2D eigenvalue weighted by molar-refractivity contribution is -0.139. The molecule has 2 rings (SSSR count). The van der Waals surface area contributed by atoms with Crippen molar-refractivity contribution in [3.05, 3.63) is 39.5 Å². The highest BCUT2D eigenvalue weighted by atomic mass is 35.5. The van der Waals surface area contributed by atoms with Crippen molar-refractivity contribution in [3.63, 3.8) is 0 Å². The minimum absolute atomic E-state index is 0.120. The zero-order valence-corrected chi connectivity index (χ0v) is 13.9. The van der Waals surface area contributed by atoms with Crippen LogP contribution in [0.15, 0.2) is 29.5 Å². The Labute approximate surface area is 142 Å². The molecule has 0 saturated heterocycles. The number of amides is 2. The average molecular weight is 357 g/mol. The van der Waals surface area contributed by atoms with E-state index in [1.807, 2.05) is 0 Å². The van der Waals surface area contributed by atoms with E-state index in [-0.39, 0.29) is 22.9 Å². The topological polar surface area (TPSA) is 84.5 Å². The van der Waals surface area contributed by atoms with Crippen molar-refractivity contribution in [3.8, 4) is 0 Å². The molecule has 2 amide bonds. The van der Waals surface area contributed by atoms with E-state index in [1.54, 1.807) is 19.1 Å². The number of anilines is 1. The maximum absolute atomic E-state index is 12.5. The highest BCUT2D eigenvalue weighted by Gasteiger charge is 2.36. The molecule has 2 N–H and O–H groups in total. The number of methoxy groups -OCH3 is 1. The third-order valence-corrected chi connectivity index (χ3v) is 3.93. The third-order valence-electron chi connectivity index (χ3n) is 3.38. The van der Waals surface area contributed by atoms with E-state index in [4.69, 9.17) is 27.9 Å². The third kappa shape index (κ3) is 3.83. The molecule has 0 aliphatic carbocycles. The number of nitrogens with one attached hydrogen (secondary N) is 2. The van der Waals surface area contributed by atoms with Gasteiger partial charge < -0.3 is 15.4 Å². The van der Waals surface area contributed by atoms with E-state index in [0.717, 1.165) is 0 Å². The number of rotatable bonds is 3. The summed E-state index contributed by atoms with van der Waals surface area (Å²) in [4.78, 5) is 36.1. The first kappa shape index (κ1) is 17.3. The number of halogens is 2. The molecule has 6 nitrogen and oxygen atoms in total. The van der Waals surface area contributed by atoms with Crippen LogP contribution in [-0.2, 0) is 19.1 Å².